The molecule has 1 N–H and O–H groups in total. The smallest absolute Gasteiger partial charge is 0.127 e. The van der Waals surface area contributed by atoms with Crippen LogP contribution in [0.4, 0.5) is 0 Å². The highest BCUT2D eigenvalue weighted by Crippen LogP contribution is 2.27. The third-order valence-electron chi connectivity index (χ3n) is 3.30. The van der Waals surface area contributed by atoms with E-state index < -0.39 is 0 Å². The monoisotopic (exact) mass is 296 g/mol. The van der Waals surface area contributed by atoms with Crippen LogP contribution in [0.25, 0.3) is 22.0 Å². The Hall–Kier alpha value is -2.20. The van der Waals surface area contributed by atoms with Crippen molar-refractivity contribution in [2.75, 3.05) is 6.61 Å². The molecule has 0 atom stereocenters. The molecule has 1 aromatic heterocycles. The standard InChI is InChI=1S/C17H16N2OS/c1-2-11-20-13-9-7-12(8-10-13)16-14-5-3-4-6-15(14)17(21)19-18-16/h3-10H,2,11H2,1H3,(H,19,21). The first-order valence-corrected chi connectivity index (χ1v) is 7.41. The van der Waals surface area contributed by atoms with Crippen molar-refractivity contribution < 1.29 is 4.74 Å². The molecular formula is C17H16N2OS. The van der Waals surface area contributed by atoms with Gasteiger partial charge in [0.2, 0.25) is 0 Å². The first-order valence-electron chi connectivity index (χ1n) is 7.00. The third kappa shape index (κ3) is 2.81. The molecule has 2 aromatic carbocycles. The van der Waals surface area contributed by atoms with Gasteiger partial charge in [-0.1, -0.05) is 43.4 Å². The Balaban J connectivity index is 2.04. The van der Waals surface area contributed by atoms with E-state index in [1.54, 1.807) is 0 Å². The Kier molecular flexibility index (Phi) is 3.97. The third-order valence-corrected chi connectivity index (χ3v) is 3.61. The molecular weight excluding hydrogens is 280 g/mol. The summed E-state index contributed by atoms with van der Waals surface area (Å²) in [4.78, 5) is 0. The zero-order chi connectivity index (χ0) is 14.7. The van der Waals surface area contributed by atoms with Crippen molar-refractivity contribution in [1.29, 1.82) is 0 Å². The first kappa shape index (κ1) is 13.8. The van der Waals surface area contributed by atoms with Gasteiger partial charge in [0.25, 0.3) is 0 Å². The SMILES string of the molecule is CCCOc1ccc(-c2n[nH]c(=S)c3ccccc23)cc1. The number of aromatic amines is 1. The van der Waals surface area contributed by atoms with Gasteiger partial charge in [-0.15, -0.1) is 0 Å². The lowest BCUT2D eigenvalue weighted by Crippen LogP contribution is -1.95. The molecule has 106 valence electrons. The van der Waals surface area contributed by atoms with E-state index in [9.17, 15) is 0 Å². The molecule has 0 aliphatic heterocycles. The quantitative estimate of drug-likeness (QED) is 0.706. The van der Waals surface area contributed by atoms with Crippen LogP contribution in [0.3, 0.4) is 0 Å². The molecule has 4 heteroatoms. The number of rotatable bonds is 4. The maximum atomic E-state index is 5.61. The Morgan fingerprint density at radius 2 is 1.76 bits per heavy atom. The van der Waals surface area contributed by atoms with Gasteiger partial charge in [-0.2, -0.15) is 5.10 Å². The van der Waals surface area contributed by atoms with E-state index in [0.29, 0.717) is 4.64 Å². The highest BCUT2D eigenvalue weighted by Gasteiger charge is 2.07. The second-order valence-electron chi connectivity index (χ2n) is 4.82. The fourth-order valence-corrected chi connectivity index (χ4v) is 2.49. The predicted molar refractivity (Wildman–Crippen MR) is 88.1 cm³/mol. The van der Waals surface area contributed by atoms with E-state index in [1.165, 1.54) is 0 Å². The van der Waals surface area contributed by atoms with E-state index in [-0.39, 0.29) is 0 Å². The van der Waals surface area contributed by atoms with Gasteiger partial charge < -0.3 is 4.74 Å². The number of nitrogens with one attached hydrogen (secondary N) is 1. The molecule has 0 fully saturated rings. The maximum absolute atomic E-state index is 5.61. The lowest BCUT2D eigenvalue weighted by Gasteiger charge is -2.08. The van der Waals surface area contributed by atoms with E-state index >= 15 is 0 Å². The van der Waals surface area contributed by atoms with Crippen LogP contribution in [-0.4, -0.2) is 16.8 Å². The molecule has 0 aliphatic rings. The Bertz CT molecular complexity index is 809. The molecule has 3 rings (SSSR count). The zero-order valence-electron chi connectivity index (χ0n) is 11.8. The lowest BCUT2D eigenvalue weighted by molar-refractivity contribution is 0.317. The molecule has 3 nitrogen and oxygen atoms in total. The average Bonchev–Trinajstić information content (AvgIpc) is 2.54. The normalized spacial score (nSPS) is 10.7. The Morgan fingerprint density at radius 1 is 1.05 bits per heavy atom. The van der Waals surface area contributed by atoms with Crippen LogP contribution in [-0.2, 0) is 0 Å². The van der Waals surface area contributed by atoms with Crippen molar-refractivity contribution in [2.24, 2.45) is 0 Å². The molecule has 21 heavy (non-hydrogen) atoms. The maximum Gasteiger partial charge on any atom is 0.127 e. The largest absolute Gasteiger partial charge is 0.494 e. The fourth-order valence-electron chi connectivity index (χ4n) is 2.26. The van der Waals surface area contributed by atoms with E-state index in [0.717, 1.165) is 40.8 Å². The minimum absolute atomic E-state index is 0.664. The highest BCUT2D eigenvalue weighted by molar-refractivity contribution is 7.71. The number of aromatic nitrogens is 2. The molecule has 1 heterocycles. The highest BCUT2D eigenvalue weighted by atomic mass is 32.1. The Labute approximate surface area is 128 Å². The van der Waals surface area contributed by atoms with Gasteiger partial charge in [-0.3, -0.25) is 5.10 Å². The first-order chi connectivity index (χ1) is 10.3. The van der Waals surface area contributed by atoms with Crippen LogP contribution in [0.2, 0.25) is 0 Å². The number of hydrogen-bond donors (Lipinski definition) is 1. The molecule has 3 aromatic rings. The number of ether oxygens (including phenoxy) is 1. The second kappa shape index (κ2) is 6.06. The van der Waals surface area contributed by atoms with Crippen molar-refractivity contribution in [3.8, 4) is 17.0 Å². The van der Waals surface area contributed by atoms with Gasteiger partial charge in [0.05, 0.1) is 12.3 Å². The summed E-state index contributed by atoms with van der Waals surface area (Å²) in [5.74, 6) is 0.883. The summed E-state index contributed by atoms with van der Waals surface area (Å²) in [7, 11) is 0. The molecule has 0 amide bonds. The summed E-state index contributed by atoms with van der Waals surface area (Å²) >= 11 is 5.29. The second-order valence-corrected chi connectivity index (χ2v) is 5.23. The van der Waals surface area contributed by atoms with Crippen molar-refractivity contribution in [1.82, 2.24) is 10.2 Å². The lowest BCUT2D eigenvalue weighted by atomic mass is 10.1. The van der Waals surface area contributed by atoms with Gasteiger partial charge in [0, 0.05) is 16.3 Å². The van der Waals surface area contributed by atoms with Crippen molar-refractivity contribution in [3.63, 3.8) is 0 Å². The van der Waals surface area contributed by atoms with E-state index in [1.807, 2.05) is 48.5 Å². The van der Waals surface area contributed by atoms with Crippen molar-refractivity contribution in [3.05, 3.63) is 53.2 Å². The number of nitrogens with zero attached hydrogens (tertiary/aromatic N) is 1. The van der Waals surface area contributed by atoms with Crippen LogP contribution < -0.4 is 4.74 Å². The van der Waals surface area contributed by atoms with Gasteiger partial charge in [0.1, 0.15) is 10.4 Å². The fraction of sp³-hybridized carbons (Fsp3) is 0.176. The van der Waals surface area contributed by atoms with Crippen LogP contribution in [0.5, 0.6) is 5.75 Å². The topological polar surface area (TPSA) is 37.9 Å². The molecule has 0 saturated carbocycles. The molecule has 0 unspecified atom stereocenters. The number of H-pyrrole nitrogens is 1. The number of fused-ring (bicyclic) bond motifs is 1. The van der Waals surface area contributed by atoms with Crippen LogP contribution in [0.1, 0.15) is 13.3 Å². The van der Waals surface area contributed by atoms with E-state index in [4.69, 9.17) is 17.0 Å². The molecule has 0 saturated heterocycles. The predicted octanol–water partition coefficient (Wildman–Crippen LogP) is 4.75. The number of hydrogen-bond acceptors (Lipinski definition) is 3. The van der Waals surface area contributed by atoms with Gasteiger partial charge in [-0.05, 0) is 30.7 Å². The van der Waals surface area contributed by atoms with Crippen molar-refractivity contribution in [2.45, 2.75) is 13.3 Å². The summed E-state index contributed by atoms with van der Waals surface area (Å²) in [6.45, 7) is 2.83. The summed E-state index contributed by atoms with van der Waals surface area (Å²) in [6, 6.07) is 16.0. The minimum Gasteiger partial charge on any atom is -0.494 e. The van der Waals surface area contributed by atoms with E-state index in [2.05, 4.69) is 17.1 Å². The van der Waals surface area contributed by atoms with Crippen LogP contribution >= 0.6 is 12.2 Å². The number of benzene rings is 2. The van der Waals surface area contributed by atoms with Gasteiger partial charge >= 0.3 is 0 Å². The summed E-state index contributed by atoms with van der Waals surface area (Å²) < 4.78 is 6.27. The average molecular weight is 296 g/mol. The zero-order valence-corrected chi connectivity index (χ0v) is 12.6. The molecule has 0 aliphatic carbocycles. The molecule has 0 spiro atoms. The van der Waals surface area contributed by atoms with Crippen LogP contribution in [0.15, 0.2) is 48.5 Å². The molecule has 0 bridgehead atoms. The minimum atomic E-state index is 0.664. The summed E-state index contributed by atoms with van der Waals surface area (Å²) in [5.41, 5.74) is 1.95. The summed E-state index contributed by atoms with van der Waals surface area (Å²) in [5, 5.41) is 9.40. The summed E-state index contributed by atoms with van der Waals surface area (Å²) in [6.07, 6.45) is 1.00. The Morgan fingerprint density at radius 3 is 2.48 bits per heavy atom. The van der Waals surface area contributed by atoms with Gasteiger partial charge in [0.15, 0.2) is 0 Å². The van der Waals surface area contributed by atoms with Gasteiger partial charge in [-0.25, -0.2) is 0 Å². The van der Waals surface area contributed by atoms with Crippen LogP contribution in [0, 0.1) is 4.64 Å². The van der Waals surface area contributed by atoms with Crippen molar-refractivity contribution >= 4 is 23.0 Å². The molecule has 0 radical (unpaired) electrons.